The van der Waals surface area contributed by atoms with E-state index in [0.717, 1.165) is 37.4 Å². The van der Waals surface area contributed by atoms with Crippen LogP contribution in [0.25, 0.3) is 0 Å². The largest absolute Gasteiger partial charge is 0.396 e. The summed E-state index contributed by atoms with van der Waals surface area (Å²) in [6.45, 7) is 6.21. The second kappa shape index (κ2) is 6.70. The predicted molar refractivity (Wildman–Crippen MR) is 77.6 cm³/mol. The summed E-state index contributed by atoms with van der Waals surface area (Å²) in [4.78, 5) is 11.4. The molecule has 0 aromatic carbocycles. The molecule has 1 fully saturated rings. The Balaban J connectivity index is 2.15. The molecular formula is C14H24N4O. The first-order valence-electron chi connectivity index (χ1n) is 7.21. The Kier molecular flexibility index (Phi) is 4.96. The summed E-state index contributed by atoms with van der Waals surface area (Å²) in [5, 5.41) is 12.2. The molecule has 0 amide bonds. The van der Waals surface area contributed by atoms with E-state index in [0.29, 0.717) is 12.0 Å². The van der Waals surface area contributed by atoms with Crippen molar-refractivity contribution in [3.8, 4) is 0 Å². The topological polar surface area (TPSA) is 61.3 Å². The van der Waals surface area contributed by atoms with Gasteiger partial charge in [0.05, 0.1) is 0 Å². The molecule has 1 aliphatic heterocycles. The summed E-state index contributed by atoms with van der Waals surface area (Å²) in [7, 11) is 0. The van der Waals surface area contributed by atoms with Crippen molar-refractivity contribution < 1.29 is 5.11 Å². The highest BCUT2D eigenvalue weighted by atomic mass is 16.2. The summed E-state index contributed by atoms with van der Waals surface area (Å²) in [6, 6.07) is 2.56. The van der Waals surface area contributed by atoms with Gasteiger partial charge in [-0.2, -0.15) is 4.98 Å². The molecule has 1 aromatic heterocycles. The third kappa shape index (κ3) is 3.56. The SMILES string of the molecule is CCNc1nc(C)cc(N2CCCC2CCCO)n1. The number of aromatic nitrogens is 2. The number of hydrogen-bond acceptors (Lipinski definition) is 5. The minimum atomic E-state index is 0.274. The fourth-order valence-electron chi connectivity index (χ4n) is 2.70. The van der Waals surface area contributed by atoms with E-state index in [1.165, 1.54) is 12.8 Å². The summed E-state index contributed by atoms with van der Waals surface area (Å²) < 4.78 is 0. The van der Waals surface area contributed by atoms with E-state index >= 15 is 0 Å². The van der Waals surface area contributed by atoms with Gasteiger partial charge in [0.2, 0.25) is 5.95 Å². The predicted octanol–water partition coefficient (Wildman–Crippen LogP) is 1.96. The maximum Gasteiger partial charge on any atom is 0.224 e. The lowest BCUT2D eigenvalue weighted by atomic mass is 10.1. The smallest absolute Gasteiger partial charge is 0.224 e. The van der Waals surface area contributed by atoms with E-state index < -0.39 is 0 Å². The van der Waals surface area contributed by atoms with E-state index in [1.807, 2.05) is 13.8 Å². The highest BCUT2D eigenvalue weighted by molar-refractivity contribution is 5.46. The standard InChI is InChI=1S/C14H24N4O/c1-3-15-14-16-11(2)10-13(17-14)18-8-4-6-12(18)7-5-9-19/h10,12,19H,3-9H2,1-2H3,(H,15,16,17). The van der Waals surface area contributed by atoms with Gasteiger partial charge in [-0.05, 0) is 39.5 Å². The first kappa shape index (κ1) is 14.1. The Morgan fingerprint density at radius 3 is 3.05 bits per heavy atom. The summed E-state index contributed by atoms with van der Waals surface area (Å²) >= 11 is 0. The van der Waals surface area contributed by atoms with Crippen LogP contribution in [0.1, 0.15) is 38.3 Å². The van der Waals surface area contributed by atoms with E-state index in [2.05, 4.69) is 26.3 Å². The average Bonchev–Trinajstić information content (AvgIpc) is 2.84. The van der Waals surface area contributed by atoms with Crippen molar-refractivity contribution in [2.45, 2.75) is 45.6 Å². The lowest BCUT2D eigenvalue weighted by Crippen LogP contribution is -2.30. The minimum Gasteiger partial charge on any atom is -0.396 e. The maximum atomic E-state index is 8.99. The molecule has 2 N–H and O–H groups in total. The molecule has 19 heavy (non-hydrogen) atoms. The summed E-state index contributed by atoms with van der Waals surface area (Å²) in [5.41, 5.74) is 0.994. The van der Waals surface area contributed by atoms with Gasteiger partial charge in [-0.1, -0.05) is 0 Å². The van der Waals surface area contributed by atoms with Gasteiger partial charge in [-0.15, -0.1) is 0 Å². The van der Waals surface area contributed by atoms with Crippen molar-refractivity contribution in [2.75, 3.05) is 29.9 Å². The molecule has 1 saturated heterocycles. The van der Waals surface area contributed by atoms with Gasteiger partial charge in [0.15, 0.2) is 0 Å². The van der Waals surface area contributed by atoms with Gasteiger partial charge in [-0.3, -0.25) is 0 Å². The zero-order valence-electron chi connectivity index (χ0n) is 11.9. The van der Waals surface area contributed by atoms with Gasteiger partial charge in [-0.25, -0.2) is 4.98 Å². The van der Waals surface area contributed by atoms with E-state index in [9.17, 15) is 0 Å². The van der Waals surface area contributed by atoms with Crippen molar-refractivity contribution in [1.29, 1.82) is 0 Å². The quantitative estimate of drug-likeness (QED) is 0.822. The van der Waals surface area contributed by atoms with Crippen LogP contribution in [-0.2, 0) is 0 Å². The van der Waals surface area contributed by atoms with Crippen molar-refractivity contribution in [2.24, 2.45) is 0 Å². The van der Waals surface area contributed by atoms with Gasteiger partial charge < -0.3 is 15.3 Å². The Morgan fingerprint density at radius 1 is 1.47 bits per heavy atom. The van der Waals surface area contributed by atoms with Gasteiger partial charge in [0.1, 0.15) is 5.82 Å². The number of hydrogen-bond donors (Lipinski definition) is 2. The summed E-state index contributed by atoms with van der Waals surface area (Å²) in [6.07, 6.45) is 4.30. The van der Waals surface area contributed by atoms with Crippen LogP contribution in [-0.4, -0.2) is 40.8 Å². The van der Waals surface area contributed by atoms with E-state index in [4.69, 9.17) is 5.11 Å². The van der Waals surface area contributed by atoms with Crippen molar-refractivity contribution >= 4 is 11.8 Å². The van der Waals surface area contributed by atoms with Crippen molar-refractivity contribution in [3.63, 3.8) is 0 Å². The monoisotopic (exact) mass is 264 g/mol. The number of aliphatic hydroxyl groups is 1. The normalized spacial score (nSPS) is 18.9. The number of aryl methyl sites for hydroxylation is 1. The van der Waals surface area contributed by atoms with Crippen LogP contribution in [0.3, 0.4) is 0 Å². The molecule has 0 radical (unpaired) electrons. The molecule has 1 unspecified atom stereocenters. The van der Waals surface area contributed by atoms with Crippen LogP contribution >= 0.6 is 0 Å². The van der Waals surface area contributed by atoms with Crippen LogP contribution in [0, 0.1) is 6.92 Å². The molecule has 0 aliphatic carbocycles. The second-order valence-corrected chi connectivity index (χ2v) is 5.08. The molecule has 5 nitrogen and oxygen atoms in total. The van der Waals surface area contributed by atoms with Gasteiger partial charge in [0, 0.05) is 37.5 Å². The van der Waals surface area contributed by atoms with Crippen LogP contribution in [0.5, 0.6) is 0 Å². The molecule has 0 saturated carbocycles. The molecule has 2 heterocycles. The Bertz CT molecular complexity index is 410. The minimum absolute atomic E-state index is 0.274. The number of aliphatic hydroxyl groups excluding tert-OH is 1. The van der Waals surface area contributed by atoms with Crippen LogP contribution < -0.4 is 10.2 Å². The zero-order chi connectivity index (χ0) is 13.7. The number of anilines is 2. The number of nitrogens with one attached hydrogen (secondary N) is 1. The molecule has 5 heteroatoms. The molecule has 2 rings (SSSR count). The lowest BCUT2D eigenvalue weighted by molar-refractivity contribution is 0.279. The fourth-order valence-corrected chi connectivity index (χ4v) is 2.70. The van der Waals surface area contributed by atoms with E-state index in [1.54, 1.807) is 0 Å². The molecule has 1 atom stereocenters. The number of rotatable bonds is 6. The first-order chi connectivity index (χ1) is 9.24. The molecule has 1 aliphatic rings. The van der Waals surface area contributed by atoms with Crippen molar-refractivity contribution in [1.82, 2.24) is 9.97 Å². The highest BCUT2D eigenvalue weighted by Gasteiger charge is 2.25. The van der Waals surface area contributed by atoms with Crippen molar-refractivity contribution in [3.05, 3.63) is 11.8 Å². The molecule has 1 aromatic rings. The lowest BCUT2D eigenvalue weighted by Gasteiger charge is -2.26. The fraction of sp³-hybridized carbons (Fsp3) is 0.714. The highest BCUT2D eigenvalue weighted by Crippen LogP contribution is 2.27. The van der Waals surface area contributed by atoms with Crippen LogP contribution in [0.15, 0.2) is 6.07 Å². The Hall–Kier alpha value is -1.36. The summed E-state index contributed by atoms with van der Waals surface area (Å²) in [5.74, 6) is 1.73. The molecular weight excluding hydrogens is 240 g/mol. The van der Waals surface area contributed by atoms with Crippen LogP contribution in [0.2, 0.25) is 0 Å². The first-order valence-corrected chi connectivity index (χ1v) is 7.21. The molecule has 106 valence electrons. The van der Waals surface area contributed by atoms with E-state index in [-0.39, 0.29) is 6.61 Å². The van der Waals surface area contributed by atoms with Crippen LogP contribution in [0.4, 0.5) is 11.8 Å². The van der Waals surface area contributed by atoms with Gasteiger partial charge in [0.25, 0.3) is 0 Å². The Labute approximate surface area is 115 Å². The second-order valence-electron chi connectivity index (χ2n) is 5.08. The average molecular weight is 264 g/mol. The molecule has 0 bridgehead atoms. The third-order valence-electron chi connectivity index (χ3n) is 3.54. The van der Waals surface area contributed by atoms with Gasteiger partial charge >= 0.3 is 0 Å². The maximum absolute atomic E-state index is 8.99. The Morgan fingerprint density at radius 2 is 2.32 bits per heavy atom. The molecule has 0 spiro atoms. The third-order valence-corrected chi connectivity index (χ3v) is 3.54. The zero-order valence-corrected chi connectivity index (χ0v) is 11.9. The number of nitrogens with zero attached hydrogens (tertiary/aromatic N) is 3.